The minimum atomic E-state index is -0.760. The predicted molar refractivity (Wildman–Crippen MR) is 58.5 cm³/mol. The van der Waals surface area contributed by atoms with E-state index in [1.165, 1.54) is 6.20 Å². The van der Waals surface area contributed by atoms with E-state index in [-0.39, 0.29) is 11.4 Å². The van der Waals surface area contributed by atoms with Crippen LogP contribution in [0, 0.1) is 11.6 Å². The van der Waals surface area contributed by atoms with E-state index in [0.717, 1.165) is 18.2 Å². The smallest absolute Gasteiger partial charge is 0.128 e. The molecule has 0 aliphatic rings. The van der Waals surface area contributed by atoms with Crippen LogP contribution in [0.4, 0.5) is 14.6 Å². The van der Waals surface area contributed by atoms with Crippen molar-refractivity contribution in [3.63, 3.8) is 0 Å². The number of hydrogen-bond acceptors (Lipinski definition) is 4. The molecule has 0 radical (unpaired) electrons. The van der Waals surface area contributed by atoms with E-state index in [1.54, 1.807) is 0 Å². The number of aromatic nitrogens is 2. The van der Waals surface area contributed by atoms with Crippen LogP contribution in [0.5, 0.6) is 0 Å². The van der Waals surface area contributed by atoms with E-state index in [0.29, 0.717) is 5.56 Å². The fourth-order valence-electron chi connectivity index (χ4n) is 1.62. The molecule has 1 aromatic carbocycles. The third kappa shape index (κ3) is 2.10. The Hall–Kier alpha value is -1.99. The lowest BCUT2D eigenvalue weighted by molar-refractivity contribution is 0.546. The molecule has 0 saturated heterocycles. The zero-order chi connectivity index (χ0) is 12.4. The van der Waals surface area contributed by atoms with Gasteiger partial charge in [-0.25, -0.2) is 14.2 Å². The Morgan fingerprint density at radius 2 is 2.06 bits per heavy atom. The standard InChI is InChI=1S/C10H11F2N5/c11-5-1-2-8(12)6(3-5)9(16-14)7-4-15-17-10(7)13/h1-4,9,16H,14H2,(H3,13,15,17). The van der Waals surface area contributed by atoms with Gasteiger partial charge in [-0.3, -0.25) is 10.9 Å². The zero-order valence-electron chi connectivity index (χ0n) is 8.74. The van der Waals surface area contributed by atoms with Crippen molar-refractivity contribution in [2.24, 2.45) is 5.84 Å². The van der Waals surface area contributed by atoms with Crippen LogP contribution in [0.25, 0.3) is 0 Å². The van der Waals surface area contributed by atoms with Gasteiger partial charge in [0, 0.05) is 11.1 Å². The summed E-state index contributed by atoms with van der Waals surface area (Å²) in [6, 6.07) is 2.37. The summed E-state index contributed by atoms with van der Waals surface area (Å²) in [6.07, 6.45) is 1.41. The lowest BCUT2D eigenvalue weighted by Gasteiger charge is -2.16. The highest BCUT2D eigenvalue weighted by atomic mass is 19.1. The average molecular weight is 239 g/mol. The van der Waals surface area contributed by atoms with E-state index in [1.807, 2.05) is 0 Å². The molecule has 90 valence electrons. The molecule has 5 nitrogen and oxygen atoms in total. The Morgan fingerprint density at radius 1 is 1.29 bits per heavy atom. The number of nitrogens with zero attached hydrogens (tertiary/aromatic N) is 1. The number of hydrogen-bond donors (Lipinski definition) is 4. The molecule has 0 spiro atoms. The molecule has 2 rings (SSSR count). The summed E-state index contributed by atoms with van der Waals surface area (Å²) in [5.74, 6) is 4.47. The number of anilines is 1. The molecule has 0 bridgehead atoms. The molecule has 0 aliphatic carbocycles. The molecule has 2 aromatic rings. The van der Waals surface area contributed by atoms with Crippen LogP contribution >= 0.6 is 0 Å². The van der Waals surface area contributed by atoms with Crippen molar-refractivity contribution in [2.75, 3.05) is 5.73 Å². The average Bonchev–Trinajstić information content (AvgIpc) is 2.71. The second-order valence-corrected chi connectivity index (χ2v) is 3.50. The Morgan fingerprint density at radius 3 is 2.65 bits per heavy atom. The SMILES string of the molecule is NNC(c1cc(F)ccc1F)c1cn[nH]c1N. The van der Waals surface area contributed by atoms with Crippen LogP contribution in [0.1, 0.15) is 17.2 Å². The van der Waals surface area contributed by atoms with E-state index in [4.69, 9.17) is 11.6 Å². The second kappa shape index (κ2) is 4.48. The number of aromatic amines is 1. The number of benzene rings is 1. The van der Waals surface area contributed by atoms with Crippen molar-refractivity contribution >= 4 is 5.82 Å². The topological polar surface area (TPSA) is 92.7 Å². The summed E-state index contributed by atoms with van der Waals surface area (Å²) >= 11 is 0. The maximum atomic E-state index is 13.6. The predicted octanol–water partition coefficient (Wildman–Crippen LogP) is 0.823. The van der Waals surface area contributed by atoms with Gasteiger partial charge in [-0.15, -0.1) is 0 Å². The number of hydrazine groups is 1. The van der Waals surface area contributed by atoms with Crippen LogP contribution in [0.3, 0.4) is 0 Å². The van der Waals surface area contributed by atoms with Crippen molar-refractivity contribution in [3.8, 4) is 0 Å². The van der Waals surface area contributed by atoms with Gasteiger partial charge >= 0.3 is 0 Å². The van der Waals surface area contributed by atoms with Gasteiger partial charge in [0.25, 0.3) is 0 Å². The van der Waals surface area contributed by atoms with Crippen molar-refractivity contribution in [3.05, 3.63) is 47.2 Å². The molecule has 1 atom stereocenters. The first kappa shape index (κ1) is 11.5. The highest BCUT2D eigenvalue weighted by Crippen LogP contribution is 2.26. The molecule has 0 amide bonds. The van der Waals surface area contributed by atoms with E-state index >= 15 is 0 Å². The first-order valence-electron chi connectivity index (χ1n) is 4.83. The van der Waals surface area contributed by atoms with Crippen LogP contribution in [0.15, 0.2) is 24.4 Å². The highest BCUT2D eigenvalue weighted by molar-refractivity contribution is 5.44. The zero-order valence-corrected chi connectivity index (χ0v) is 8.74. The minimum Gasteiger partial charge on any atom is -0.384 e. The number of nitrogen functional groups attached to an aromatic ring is 1. The molecule has 7 heteroatoms. The maximum Gasteiger partial charge on any atom is 0.128 e. The molecular weight excluding hydrogens is 228 g/mol. The van der Waals surface area contributed by atoms with Gasteiger partial charge in [0.15, 0.2) is 0 Å². The largest absolute Gasteiger partial charge is 0.384 e. The van der Waals surface area contributed by atoms with Gasteiger partial charge in [0.2, 0.25) is 0 Å². The minimum absolute atomic E-state index is 0.0700. The molecule has 0 aliphatic heterocycles. The first-order valence-corrected chi connectivity index (χ1v) is 4.83. The maximum absolute atomic E-state index is 13.6. The van der Waals surface area contributed by atoms with E-state index in [9.17, 15) is 8.78 Å². The molecule has 0 saturated carbocycles. The monoisotopic (exact) mass is 239 g/mol. The number of halogens is 2. The lowest BCUT2D eigenvalue weighted by atomic mass is 10.0. The molecule has 6 N–H and O–H groups in total. The Balaban J connectivity index is 2.49. The van der Waals surface area contributed by atoms with Crippen LogP contribution in [-0.2, 0) is 0 Å². The van der Waals surface area contributed by atoms with Gasteiger partial charge < -0.3 is 5.73 Å². The van der Waals surface area contributed by atoms with E-state index in [2.05, 4.69) is 15.6 Å². The summed E-state index contributed by atoms with van der Waals surface area (Å²) in [6.45, 7) is 0. The fourth-order valence-corrected chi connectivity index (χ4v) is 1.62. The molecule has 1 unspecified atom stereocenters. The van der Waals surface area contributed by atoms with Crippen LogP contribution in [-0.4, -0.2) is 10.2 Å². The third-order valence-electron chi connectivity index (χ3n) is 2.45. The Kier molecular flexibility index (Phi) is 3.03. The second-order valence-electron chi connectivity index (χ2n) is 3.50. The lowest BCUT2D eigenvalue weighted by Crippen LogP contribution is -2.30. The molecule has 0 fully saturated rings. The molecule has 1 aromatic heterocycles. The summed E-state index contributed by atoms with van der Waals surface area (Å²) in [5, 5.41) is 6.21. The normalized spacial score (nSPS) is 12.6. The van der Waals surface area contributed by atoms with Crippen LogP contribution < -0.4 is 17.0 Å². The van der Waals surface area contributed by atoms with Gasteiger partial charge in [-0.1, -0.05) is 0 Å². The van der Waals surface area contributed by atoms with Crippen molar-refractivity contribution in [1.82, 2.24) is 15.6 Å². The number of nitrogens with one attached hydrogen (secondary N) is 2. The summed E-state index contributed by atoms with van der Waals surface area (Å²) in [7, 11) is 0. The number of nitrogens with two attached hydrogens (primary N) is 2. The Bertz CT molecular complexity index is 525. The molecule has 17 heavy (non-hydrogen) atoms. The summed E-state index contributed by atoms with van der Waals surface area (Å²) in [5.41, 5.74) is 8.52. The fraction of sp³-hybridized carbons (Fsp3) is 0.100. The first-order chi connectivity index (χ1) is 8.13. The highest BCUT2D eigenvalue weighted by Gasteiger charge is 2.20. The van der Waals surface area contributed by atoms with E-state index < -0.39 is 17.7 Å². The van der Waals surface area contributed by atoms with Crippen molar-refractivity contribution < 1.29 is 8.78 Å². The quantitative estimate of drug-likeness (QED) is 0.471. The van der Waals surface area contributed by atoms with Crippen LogP contribution in [0.2, 0.25) is 0 Å². The summed E-state index contributed by atoms with van der Waals surface area (Å²) < 4.78 is 26.7. The van der Waals surface area contributed by atoms with Crippen molar-refractivity contribution in [2.45, 2.75) is 6.04 Å². The van der Waals surface area contributed by atoms with Gasteiger partial charge in [0.05, 0.1) is 12.2 Å². The van der Waals surface area contributed by atoms with Crippen molar-refractivity contribution in [1.29, 1.82) is 0 Å². The number of rotatable bonds is 3. The molecule has 1 heterocycles. The number of H-pyrrole nitrogens is 1. The van der Waals surface area contributed by atoms with Gasteiger partial charge in [0.1, 0.15) is 17.5 Å². The molecular formula is C10H11F2N5. The summed E-state index contributed by atoms with van der Waals surface area (Å²) in [4.78, 5) is 0. The van der Waals surface area contributed by atoms with Gasteiger partial charge in [-0.2, -0.15) is 5.10 Å². The third-order valence-corrected chi connectivity index (χ3v) is 2.45. The Labute approximate surface area is 95.8 Å². The van der Waals surface area contributed by atoms with Gasteiger partial charge in [-0.05, 0) is 18.2 Å².